The third kappa shape index (κ3) is 7.35. The Labute approximate surface area is 221 Å². The van der Waals surface area contributed by atoms with Crippen LogP contribution >= 0.6 is 11.6 Å². The van der Waals surface area contributed by atoms with Gasteiger partial charge in [0.1, 0.15) is 11.5 Å². The van der Waals surface area contributed by atoms with E-state index < -0.39 is 0 Å². The smallest absolute Gasteiger partial charge is 0.326 e. The van der Waals surface area contributed by atoms with E-state index in [1.54, 1.807) is 35.2 Å². The fourth-order valence-corrected chi connectivity index (χ4v) is 3.88. The van der Waals surface area contributed by atoms with Crippen molar-refractivity contribution in [1.82, 2.24) is 5.32 Å². The van der Waals surface area contributed by atoms with Crippen molar-refractivity contribution < 1.29 is 14.3 Å². The molecule has 4 rings (SSSR count). The summed E-state index contributed by atoms with van der Waals surface area (Å²) >= 11 is 5.97. The molecule has 3 amide bonds. The molecule has 37 heavy (non-hydrogen) atoms. The molecule has 188 valence electrons. The summed E-state index contributed by atoms with van der Waals surface area (Å²) in [5, 5.41) is 6.45. The number of amides is 3. The van der Waals surface area contributed by atoms with Gasteiger partial charge in [-0.05, 0) is 85.6 Å². The van der Waals surface area contributed by atoms with Crippen LogP contribution in [0.3, 0.4) is 0 Å². The lowest BCUT2D eigenvalue weighted by molar-refractivity contribution is 0.0953. The number of benzene rings is 4. The number of urea groups is 1. The monoisotopic (exact) mass is 513 g/mol. The number of hydrogen-bond donors (Lipinski definition) is 2. The van der Waals surface area contributed by atoms with Crippen LogP contribution in [0.5, 0.6) is 11.5 Å². The number of hydrogen-bond acceptors (Lipinski definition) is 3. The Morgan fingerprint density at radius 1 is 0.811 bits per heavy atom. The van der Waals surface area contributed by atoms with Crippen molar-refractivity contribution in [2.24, 2.45) is 0 Å². The molecule has 4 aromatic carbocycles. The molecule has 0 aliphatic heterocycles. The number of ether oxygens (including phenoxy) is 1. The predicted molar refractivity (Wildman–Crippen MR) is 149 cm³/mol. The minimum atomic E-state index is -0.288. The highest BCUT2D eigenvalue weighted by Crippen LogP contribution is 2.25. The molecule has 0 saturated carbocycles. The molecule has 0 unspecified atom stereocenters. The first kappa shape index (κ1) is 25.8. The number of aryl methyl sites for hydroxylation is 1. The van der Waals surface area contributed by atoms with Crippen LogP contribution in [0.15, 0.2) is 103 Å². The average Bonchev–Trinajstić information content (AvgIpc) is 2.91. The highest BCUT2D eigenvalue weighted by Gasteiger charge is 2.17. The predicted octanol–water partition coefficient (Wildman–Crippen LogP) is 7.30. The maximum absolute atomic E-state index is 13.2. The molecule has 0 aliphatic carbocycles. The molecular weight excluding hydrogens is 486 g/mol. The van der Waals surface area contributed by atoms with Gasteiger partial charge in [0.25, 0.3) is 5.91 Å². The van der Waals surface area contributed by atoms with Crippen LogP contribution in [0.4, 0.5) is 16.2 Å². The Morgan fingerprint density at radius 3 is 2.16 bits per heavy atom. The molecule has 0 spiro atoms. The third-order valence-electron chi connectivity index (χ3n) is 5.70. The van der Waals surface area contributed by atoms with Crippen LogP contribution in [0.1, 0.15) is 22.3 Å². The zero-order valence-corrected chi connectivity index (χ0v) is 21.2. The Morgan fingerprint density at radius 2 is 1.46 bits per heavy atom. The molecule has 0 aromatic heterocycles. The lowest BCUT2D eigenvalue weighted by Crippen LogP contribution is -2.37. The van der Waals surface area contributed by atoms with E-state index >= 15 is 0 Å². The fraction of sp³-hybridized carbons (Fsp3) is 0.133. The van der Waals surface area contributed by atoms with Gasteiger partial charge in [-0.15, -0.1) is 0 Å². The Kier molecular flexibility index (Phi) is 8.79. The van der Waals surface area contributed by atoms with Gasteiger partial charge in [0, 0.05) is 35.1 Å². The van der Waals surface area contributed by atoms with Gasteiger partial charge in [-0.25, -0.2) is 4.79 Å². The number of carbonyl (C=O) groups excluding carboxylic acids is 2. The quantitative estimate of drug-likeness (QED) is 0.231. The number of nitrogens with zero attached hydrogens (tertiary/aromatic N) is 1. The van der Waals surface area contributed by atoms with E-state index in [-0.39, 0.29) is 11.9 Å². The second-order valence-electron chi connectivity index (χ2n) is 8.42. The Bertz CT molecular complexity index is 1330. The molecule has 6 nitrogen and oxygen atoms in total. The van der Waals surface area contributed by atoms with Gasteiger partial charge in [-0.3, -0.25) is 9.69 Å². The zero-order valence-electron chi connectivity index (χ0n) is 20.5. The zero-order chi connectivity index (χ0) is 26.0. The number of nitrogens with one attached hydrogen (secondary N) is 2. The van der Waals surface area contributed by atoms with E-state index in [2.05, 4.69) is 10.6 Å². The van der Waals surface area contributed by atoms with E-state index in [1.165, 1.54) is 0 Å². The van der Waals surface area contributed by atoms with E-state index in [0.717, 1.165) is 11.3 Å². The Hall–Kier alpha value is -4.29. The van der Waals surface area contributed by atoms with Crippen molar-refractivity contribution in [3.63, 3.8) is 0 Å². The van der Waals surface area contributed by atoms with Gasteiger partial charge in [0.15, 0.2) is 0 Å². The summed E-state index contributed by atoms with van der Waals surface area (Å²) in [6.45, 7) is 2.72. The number of rotatable bonds is 9. The summed E-state index contributed by atoms with van der Waals surface area (Å²) < 4.78 is 5.88. The van der Waals surface area contributed by atoms with Crippen LogP contribution in [0.25, 0.3) is 0 Å². The number of halogens is 1. The minimum Gasteiger partial charge on any atom is -0.457 e. The summed E-state index contributed by atoms with van der Waals surface area (Å²) in [6.07, 6.45) is 0.563. The molecule has 0 aliphatic rings. The lowest BCUT2D eigenvalue weighted by atomic mass is 10.1. The van der Waals surface area contributed by atoms with Crippen molar-refractivity contribution in [1.29, 1.82) is 0 Å². The SMILES string of the molecule is Cc1ccccc1C(=O)NCCCN(C(=O)Nc1ccc(Cl)cc1)c1ccc(Oc2ccccc2)cc1. The molecule has 0 radical (unpaired) electrons. The third-order valence-corrected chi connectivity index (χ3v) is 5.95. The summed E-state index contributed by atoms with van der Waals surface area (Å²) in [5.74, 6) is 1.27. The van der Waals surface area contributed by atoms with Gasteiger partial charge < -0.3 is 15.4 Å². The maximum Gasteiger partial charge on any atom is 0.326 e. The fourth-order valence-electron chi connectivity index (χ4n) is 3.75. The summed E-state index contributed by atoms with van der Waals surface area (Å²) in [6, 6.07) is 30.9. The van der Waals surface area contributed by atoms with E-state index in [9.17, 15) is 9.59 Å². The Balaban J connectivity index is 1.43. The van der Waals surface area contributed by atoms with Crippen LogP contribution in [-0.4, -0.2) is 25.0 Å². The van der Waals surface area contributed by atoms with Crippen LogP contribution < -0.4 is 20.3 Å². The minimum absolute atomic E-state index is 0.127. The van der Waals surface area contributed by atoms with Gasteiger partial charge >= 0.3 is 6.03 Å². The van der Waals surface area contributed by atoms with Crippen LogP contribution in [-0.2, 0) is 0 Å². The first-order valence-corrected chi connectivity index (χ1v) is 12.4. The molecule has 0 saturated heterocycles. The van der Waals surface area contributed by atoms with E-state index in [4.69, 9.17) is 16.3 Å². The number of carbonyl (C=O) groups is 2. The van der Waals surface area contributed by atoms with Crippen molar-refractivity contribution in [3.8, 4) is 11.5 Å². The van der Waals surface area contributed by atoms with Crippen molar-refractivity contribution in [3.05, 3.63) is 119 Å². The highest BCUT2D eigenvalue weighted by molar-refractivity contribution is 6.30. The summed E-state index contributed by atoms with van der Waals surface area (Å²) in [5.41, 5.74) is 2.91. The average molecular weight is 514 g/mol. The largest absolute Gasteiger partial charge is 0.457 e. The summed E-state index contributed by atoms with van der Waals surface area (Å²) in [7, 11) is 0. The van der Waals surface area contributed by atoms with Gasteiger partial charge in [-0.2, -0.15) is 0 Å². The number of anilines is 2. The van der Waals surface area contributed by atoms with Crippen molar-refractivity contribution in [2.75, 3.05) is 23.3 Å². The first-order valence-electron chi connectivity index (χ1n) is 12.0. The second-order valence-corrected chi connectivity index (χ2v) is 8.86. The topological polar surface area (TPSA) is 70.7 Å². The summed E-state index contributed by atoms with van der Waals surface area (Å²) in [4.78, 5) is 27.4. The van der Waals surface area contributed by atoms with E-state index in [0.29, 0.717) is 47.2 Å². The normalized spacial score (nSPS) is 10.4. The molecule has 0 heterocycles. The van der Waals surface area contributed by atoms with Crippen molar-refractivity contribution in [2.45, 2.75) is 13.3 Å². The van der Waals surface area contributed by atoms with Crippen LogP contribution in [0, 0.1) is 6.92 Å². The lowest BCUT2D eigenvalue weighted by Gasteiger charge is -2.24. The van der Waals surface area contributed by atoms with Gasteiger partial charge in [-0.1, -0.05) is 48.0 Å². The van der Waals surface area contributed by atoms with Crippen LogP contribution in [0.2, 0.25) is 5.02 Å². The highest BCUT2D eigenvalue weighted by atomic mass is 35.5. The maximum atomic E-state index is 13.2. The molecule has 0 bridgehead atoms. The van der Waals surface area contributed by atoms with E-state index in [1.807, 2.05) is 79.7 Å². The molecule has 7 heteroatoms. The standard InChI is InChI=1S/C30H28ClN3O3/c1-22-8-5-6-11-28(22)29(35)32-20-7-21-34(30(36)33-24-14-12-23(31)13-15-24)25-16-18-27(19-17-25)37-26-9-3-2-4-10-26/h2-6,8-19H,7,20-21H2,1H3,(H,32,35)(H,33,36). The second kappa shape index (κ2) is 12.6. The van der Waals surface area contributed by atoms with Crippen molar-refractivity contribution >= 4 is 34.9 Å². The number of para-hydroxylation sites is 1. The molecular formula is C30H28ClN3O3. The molecule has 4 aromatic rings. The first-order chi connectivity index (χ1) is 18.0. The molecule has 0 fully saturated rings. The van der Waals surface area contributed by atoms with Gasteiger partial charge in [0.05, 0.1) is 0 Å². The molecule has 2 N–H and O–H groups in total. The van der Waals surface area contributed by atoms with Gasteiger partial charge in [0.2, 0.25) is 0 Å². The molecule has 0 atom stereocenters.